The van der Waals surface area contributed by atoms with E-state index < -0.39 is 5.91 Å². The zero-order valence-corrected chi connectivity index (χ0v) is 82.1. The van der Waals surface area contributed by atoms with E-state index in [9.17, 15) is 78.3 Å². The number of amides is 9. The van der Waals surface area contributed by atoms with Crippen LogP contribution in [0, 0.1) is 0 Å². The molecule has 2 aromatic heterocycles. The van der Waals surface area contributed by atoms with Crippen molar-refractivity contribution in [1.82, 2.24) is 30.7 Å². The van der Waals surface area contributed by atoms with Gasteiger partial charge in [0.25, 0.3) is 29.5 Å². The Bertz CT molecular complexity index is 6480. The Morgan fingerprint density at radius 3 is 1.06 bits per heavy atom. The molecule has 0 bridgehead atoms. The molecule has 754 valence electrons. The molecule has 0 unspecified atom stereocenters. The second kappa shape index (κ2) is 60.0. The van der Waals surface area contributed by atoms with Crippen LogP contribution in [0.4, 0.5) is 34.1 Å². The van der Waals surface area contributed by atoms with Gasteiger partial charge in [0.1, 0.15) is 18.9 Å². The molecule has 0 saturated carbocycles. The van der Waals surface area contributed by atoms with Crippen molar-refractivity contribution in [3.63, 3.8) is 0 Å². The van der Waals surface area contributed by atoms with Gasteiger partial charge in [0.15, 0.2) is 5.78 Å². The Balaban J connectivity index is 0.000000194. The number of hydrogen-bond acceptors (Lipinski definition) is 19. The van der Waals surface area contributed by atoms with Gasteiger partial charge in [0, 0.05) is 181 Å². The standard InChI is InChI=1S/C20H21N3O3.C20H20N2O3.C20H24N2O3.C20H23NO3.C18H20N2O3.C17H18N2O3/c1-2-12-23(15-7-4-3-5-8-15)19(24)14-22-13-11-16-17(20(25)21-26)9-6-10-18(16)22;1-15(24)18-13-21(19-10-6-5-9-17(18)19)14-20(25)22(11-12-23)16-7-3-2-4-8-16;1-21-19(24)12-11-16-7-9-17(10-8-16)15-20(25)22(13-14-23)18-5-3-2-4-6-18;1-2-19(23)13-10-16-8-11-17(12-9-16)20(24)21(14-15-22)18-6-4-3-5-7-18;1-14(19-23)13-15-7-9-16(10-8-15)18(22)20(11-12-21)17-5-3-2-4-6-17;1-18-16(21)13-7-9-14(10-8-13)17(22)19(11-12-20)15-5-3-2-4-6-15/h3-11,13,26H,2,12,14H2,1H3,(H,21,25);2-10,13,23H,11-12,14H2,1H3;2-10,23H,11-15H2,1H3,(H,21,24);3-9,11-12,22H,2,10,13-15H2,1H3;2-10,19,21,23H,1,11-13H2;2-10,20H,11-12H2,1H3,(H,18,21). The van der Waals surface area contributed by atoms with Gasteiger partial charge in [-0.05, 0) is 194 Å². The van der Waals surface area contributed by atoms with Crippen molar-refractivity contribution < 1.29 is 88.7 Å². The fourth-order valence-corrected chi connectivity index (χ4v) is 15.5. The van der Waals surface area contributed by atoms with E-state index in [0.717, 1.165) is 79.2 Å². The summed E-state index contributed by atoms with van der Waals surface area (Å²) in [6, 6.07) is 99.0. The molecule has 9 amide bonds. The zero-order valence-electron chi connectivity index (χ0n) is 82.1. The molecule has 14 aromatic rings. The van der Waals surface area contributed by atoms with Gasteiger partial charge >= 0.3 is 0 Å². The predicted molar refractivity (Wildman–Crippen MR) is 566 cm³/mol. The number of carbonyl (C=O) groups is 11. The van der Waals surface area contributed by atoms with Gasteiger partial charge in [-0.3, -0.25) is 68.6 Å². The van der Waals surface area contributed by atoms with Gasteiger partial charge in [0.05, 0.1) is 45.0 Å². The highest BCUT2D eigenvalue weighted by atomic mass is 16.5. The largest absolute Gasteiger partial charge is 0.395 e. The lowest BCUT2D eigenvalue weighted by molar-refractivity contribution is -0.121. The SMILES string of the molecule is C=C(Cc1ccc(C(=O)N(CCO)c2ccccc2)cc1)NO.CC(=O)c1cn(CC(=O)N(CCO)c2ccccc2)c2ccccc12.CCC(=O)CCc1ccc(C(=O)N(CCO)c2ccccc2)cc1.CCCN(C(=O)Cn1ccc2c(C(=O)NO)cccc21)c1ccccc1.CNC(=O)CCc1ccc(CC(=O)N(CCO)c2ccccc2)cc1.CNC(=O)c1ccc(C(=O)N(CCO)c2ccccc2)cc1. The van der Waals surface area contributed by atoms with Gasteiger partial charge in [0.2, 0.25) is 23.6 Å². The van der Waals surface area contributed by atoms with E-state index in [2.05, 4.69) is 17.2 Å². The number of hydroxylamine groups is 2. The van der Waals surface area contributed by atoms with E-state index >= 15 is 0 Å². The molecule has 145 heavy (non-hydrogen) atoms. The molecule has 14 rings (SSSR count). The highest BCUT2D eigenvalue weighted by Gasteiger charge is 2.26. The second-order valence-corrected chi connectivity index (χ2v) is 33.0. The topological polar surface area (TPSA) is 407 Å². The fourth-order valence-electron chi connectivity index (χ4n) is 15.5. The lowest BCUT2D eigenvalue weighted by Gasteiger charge is -2.22. The number of aryl methyl sites for hydroxylation is 2. The van der Waals surface area contributed by atoms with Crippen LogP contribution >= 0.6 is 0 Å². The molecule has 0 radical (unpaired) electrons. The minimum Gasteiger partial charge on any atom is -0.395 e. The monoisotopic (exact) mass is 1960 g/mol. The lowest BCUT2D eigenvalue weighted by Crippen LogP contribution is -2.36. The Morgan fingerprint density at radius 2 is 0.662 bits per heavy atom. The number of hydrogen-bond donors (Lipinski definition) is 11. The number of carbonyl (C=O) groups excluding carboxylic acids is 11. The smallest absolute Gasteiger partial charge is 0.275 e. The number of aliphatic hydroxyl groups excluding tert-OH is 5. The summed E-state index contributed by atoms with van der Waals surface area (Å²) in [5, 5.41) is 70.6. The van der Waals surface area contributed by atoms with E-state index in [1.54, 1.807) is 128 Å². The molecule has 0 atom stereocenters. The molecule has 2 heterocycles. The van der Waals surface area contributed by atoms with Crippen molar-refractivity contribution in [2.24, 2.45) is 0 Å². The summed E-state index contributed by atoms with van der Waals surface area (Å²) >= 11 is 0. The molecule has 0 spiro atoms. The van der Waals surface area contributed by atoms with Crippen molar-refractivity contribution in [3.8, 4) is 0 Å². The number of ketones is 2. The Labute approximate surface area is 844 Å². The maximum absolute atomic E-state index is 12.9. The van der Waals surface area contributed by atoms with Crippen LogP contribution in [-0.2, 0) is 62.7 Å². The quantitative estimate of drug-likeness (QED) is 0.00965. The van der Waals surface area contributed by atoms with E-state index in [0.29, 0.717) is 89.5 Å². The number of Topliss-reactive ketones (excluding diaryl/α,β-unsaturated/α-hetero) is 2. The number of allylic oxidation sites excluding steroid dienone is 1. The van der Waals surface area contributed by atoms with Crippen LogP contribution in [-0.4, -0.2) is 196 Å². The second-order valence-electron chi connectivity index (χ2n) is 33.0. The van der Waals surface area contributed by atoms with E-state index in [-0.39, 0.29) is 144 Å². The van der Waals surface area contributed by atoms with Gasteiger partial charge in [-0.15, -0.1) is 0 Å². The van der Waals surface area contributed by atoms with Crippen molar-refractivity contribution >= 4 is 121 Å². The molecule has 30 nitrogen and oxygen atoms in total. The Hall–Kier alpha value is -16.5. The number of aromatic nitrogens is 2. The van der Waals surface area contributed by atoms with Crippen LogP contribution in [0.3, 0.4) is 0 Å². The van der Waals surface area contributed by atoms with Crippen LogP contribution in [0.2, 0.25) is 0 Å². The molecule has 0 saturated heterocycles. The molecule has 0 aliphatic rings. The summed E-state index contributed by atoms with van der Waals surface area (Å²) in [4.78, 5) is 144. The van der Waals surface area contributed by atoms with Crippen molar-refractivity contribution in [1.29, 1.82) is 0 Å². The third kappa shape index (κ3) is 33.9. The first-order chi connectivity index (χ1) is 70.4. The number of nitrogens with one attached hydrogen (secondary N) is 4. The summed E-state index contributed by atoms with van der Waals surface area (Å²) in [5.41, 5.74) is 17.4. The minimum atomic E-state index is -0.573. The lowest BCUT2D eigenvalue weighted by atomic mass is 10.0. The Kier molecular flexibility index (Phi) is 46.4. The van der Waals surface area contributed by atoms with E-state index in [1.807, 2.05) is 285 Å². The van der Waals surface area contributed by atoms with Crippen molar-refractivity contribution in [2.45, 2.75) is 85.2 Å². The van der Waals surface area contributed by atoms with Gasteiger partial charge in [-0.25, -0.2) is 5.48 Å². The number of anilines is 6. The maximum Gasteiger partial charge on any atom is 0.275 e. The average molecular weight is 1960 g/mol. The van der Waals surface area contributed by atoms with Gasteiger partial charge in [-0.2, -0.15) is 0 Å². The summed E-state index contributed by atoms with van der Waals surface area (Å²) < 4.78 is 3.61. The molecular formula is C115H126N12O18. The summed E-state index contributed by atoms with van der Waals surface area (Å²) in [6.07, 6.45) is 8.03. The zero-order chi connectivity index (χ0) is 104. The molecule has 11 N–H and O–H groups in total. The number of rotatable bonds is 40. The molecule has 0 aliphatic heterocycles. The summed E-state index contributed by atoms with van der Waals surface area (Å²) in [7, 11) is 3.18. The number of benzene rings is 12. The van der Waals surface area contributed by atoms with Gasteiger partial charge in [-0.1, -0.05) is 202 Å². The van der Waals surface area contributed by atoms with Crippen LogP contribution in [0.1, 0.15) is 131 Å². The number of para-hydroxylation sites is 7. The molecule has 30 heteroatoms. The van der Waals surface area contributed by atoms with Crippen molar-refractivity contribution in [3.05, 3.63) is 408 Å². The predicted octanol–water partition coefficient (Wildman–Crippen LogP) is 15.3. The molecule has 0 aliphatic carbocycles. The average Bonchev–Trinajstić information content (AvgIpc) is 1.65. The van der Waals surface area contributed by atoms with E-state index in [4.69, 9.17) is 10.4 Å². The maximum atomic E-state index is 12.9. The van der Waals surface area contributed by atoms with Crippen LogP contribution < -0.4 is 51.0 Å². The summed E-state index contributed by atoms with van der Waals surface area (Å²) in [6.45, 7) is 10.6. The normalized spacial score (nSPS) is 10.4. The molecule has 12 aromatic carbocycles. The number of aliphatic hydroxyl groups is 5. The Morgan fingerprint density at radius 1 is 0.324 bits per heavy atom. The van der Waals surface area contributed by atoms with Crippen LogP contribution in [0.5, 0.6) is 0 Å². The van der Waals surface area contributed by atoms with E-state index in [1.165, 1.54) is 11.8 Å². The van der Waals surface area contributed by atoms with Crippen molar-refractivity contribution in [2.75, 3.05) is 116 Å². The fraction of sp³-hybridized carbons (Fsp3) is 0.226. The minimum absolute atomic E-state index is 0.0155. The number of nitrogens with zero attached hydrogens (tertiary/aromatic N) is 8. The highest BCUT2D eigenvalue weighted by Crippen LogP contribution is 2.28. The first-order valence-electron chi connectivity index (χ1n) is 47.6. The van der Waals surface area contributed by atoms with Gasteiger partial charge < -0.3 is 74.7 Å². The molecule has 0 fully saturated rings. The third-order valence-corrected chi connectivity index (χ3v) is 23.0. The first kappa shape index (κ1) is 112. The highest BCUT2D eigenvalue weighted by molar-refractivity contribution is 6.10. The number of fused-ring (bicyclic) bond motifs is 2. The third-order valence-electron chi connectivity index (χ3n) is 23.0. The van der Waals surface area contributed by atoms with Crippen LogP contribution in [0.25, 0.3) is 21.8 Å². The first-order valence-corrected chi connectivity index (χ1v) is 47.6. The molecular weight excluding hydrogens is 1840 g/mol. The summed E-state index contributed by atoms with van der Waals surface area (Å²) in [5.74, 6) is -1.30. The van der Waals surface area contributed by atoms with Crippen LogP contribution in [0.15, 0.2) is 352 Å².